The van der Waals surface area contributed by atoms with Crippen LogP contribution in [-0.2, 0) is 4.74 Å². The van der Waals surface area contributed by atoms with Crippen molar-refractivity contribution in [2.24, 2.45) is 0 Å². The smallest absolute Gasteiger partial charge is 0.410 e. The third-order valence-corrected chi connectivity index (χ3v) is 4.11. The lowest BCUT2D eigenvalue weighted by Gasteiger charge is -2.41. The van der Waals surface area contributed by atoms with Gasteiger partial charge in [-0.2, -0.15) is 0 Å². The molecule has 1 amide bonds. The quantitative estimate of drug-likeness (QED) is 0.787. The van der Waals surface area contributed by atoms with Gasteiger partial charge < -0.3 is 15.0 Å². The standard InChI is InChI=1S/C16H23IN2O2/c1-11(12-5-7-13(17)8-6-12)18-14-9-19(10-14)15(20)21-16(2,3)4/h5-8,11,14,18H,9-10H2,1-4H3. The minimum absolute atomic E-state index is 0.220. The van der Waals surface area contributed by atoms with Gasteiger partial charge in [-0.25, -0.2) is 4.79 Å². The normalized spacial score (nSPS) is 17.3. The third kappa shape index (κ3) is 4.85. The molecule has 0 saturated carbocycles. The predicted molar refractivity (Wildman–Crippen MR) is 92.3 cm³/mol. The van der Waals surface area contributed by atoms with E-state index in [1.807, 2.05) is 20.8 Å². The maximum absolute atomic E-state index is 11.9. The van der Waals surface area contributed by atoms with Gasteiger partial charge in [0, 0.05) is 28.7 Å². The van der Waals surface area contributed by atoms with Crippen LogP contribution in [0.2, 0.25) is 0 Å². The highest BCUT2D eigenvalue weighted by molar-refractivity contribution is 14.1. The third-order valence-electron chi connectivity index (χ3n) is 3.39. The number of hydrogen-bond acceptors (Lipinski definition) is 3. The first-order valence-electron chi connectivity index (χ1n) is 7.24. The number of nitrogens with zero attached hydrogens (tertiary/aromatic N) is 1. The van der Waals surface area contributed by atoms with Gasteiger partial charge in [-0.3, -0.25) is 0 Å². The summed E-state index contributed by atoms with van der Waals surface area (Å²) in [5.74, 6) is 0. The van der Waals surface area contributed by atoms with Crippen molar-refractivity contribution in [3.8, 4) is 0 Å². The number of halogens is 1. The minimum Gasteiger partial charge on any atom is -0.444 e. The minimum atomic E-state index is -0.427. The van der Waals surface area contributed by atoms with E-state index in [1.165, 1.54) is 9.13 Å². The Morgan fingerprint density at radius 3 is 2.43 bits per heavy atom. The maximum Gasteiger partial charge on any atom is 0.410 e. The Morgan fingerprint density at radius 2 is 1.90 bits per heavy atom. The molecule has 1 fully saturated rings. The number of nitrogens with one attached hydrogen (secondary N) is 1. The zero-order valence-corrected chi connectivity index (χ0v) is 15.2. The van der Waals surface area contributed by atoms with Gasteiger partial charge in [-0.05, 0) is 68.0 Å². The van der Waals surface area contributed by atoms with Crippen LogP contribution in [0.25, 0.3) is 0 Å². The van der Waals surface area contributed by atoms with Crippen molar-refractivity contribution in [3.63, 3.8) is 0 Å². The summed E-state index contributed by atoms with van der Waals surface area (Å²) in [6.07, 6.45) is -0.220. The van der Waals surface area contributed by atoms with Crippen LogP contribution in [0, 0.1) is 3.57 Å². The lowest BCUT2D eigenvalue weighted by Crippen LogP contribution is -2.60. The maximum atomic E-state index is 11.9. The van der Waals surface area contributed by atoms with Gasteiger partial charge in [-0.1, -0.05) is 12.1 Å². The Labute approximate surface area is 140 Å². The molecule has 1 unspecified atom stereocenters. The highest BCUT2D eigenvalue weighted by Crippen LogP contribution is 2.19. The lowest BCUT2D eigenvalue weighted by atomic mass is 10.0. The summed E-state index contributed by atoms with van der Waals surface area (Å²) in [5, 5.41) is 3.55. The van der Waals surface area contributed by atoms with E-state index in [0.29, 0.717) is 19.1 Å². The first-order chi connectivity index (χ1) is 9.74. The van der Waals surface area contributed by atoms with Gasteiger partial charge in [0.1, 0.15) is 5.60 Å². The van der Waals surface area contributed by atoms with Crippen molar-refractivity contribution in [1.82, 2.24) is 10.2 Å². The predicted octanol–water partition coefficient (Wildman–Crippen LogP) is 3.56. The monoisotopic (exact) mass is 402 g/mol. The summed E-state index contributed by atoms with van der Waals surface area (Å²) in [4.78, 5) is 13.6. The molecule has 0 aromatic heterocycles. The van der Waals surface area contributed by atoms with Crippen molar-refractivity contribution in [2.45, 2.75) is 45.4 Å². The second-order valence-corrected chi connectivity index (χ2v) is 7.77. The van der Waals surface area contributed by atoms with Crippen LogP contribution in [0.3, 0.4) is 0 Å². The summed E-state index contributed by atoms with van der Waals surface area (Å²) in [6.45, 7) is 9.24. The molecule has 1 aliphatic heterocycles. The van der Waals surface area contributed by atoms with Crippen molar-refractivity contribution in [3.05, 3.63) is 33.4 Å². The van der Waals surface area contributed by atoms with Crippen LogP contribution in [-0.4, -0.2) is 35.7 Å². The molecule has 0 aliphatic carbocycles. The molecule has 5 heteroatoms. The Hall–Kier alpha value is -0.820. The van der Waals surface area contributed by atoms with Crippen LogP contribution in [0.1, 0.15) is 39.3 Å². The average molecular weight is 402 g/mol. The summed E-state index contributed by atoms with van der Waals surface area (Å²) in [6, 6.07) is 9.14. The van der Waals surface area contributed by atoms with Gasteiger partial charge >= 0.3 is 6.09 Å². The van der Waals surface area contributed by atoms with Gasteiger partial charge in [0.2, 0.25) is 0 Å². The van der Waals surface area contributed by atoms with Crippen LogP contribution in [0.5, 0.6) is 0 Å². The first kappa shape index (κ1) is 16.5. The van der Waals surface area contributed by atoms with E-state index < -0.39 is 5.60 Å². The van der Waals surface area contributed by atoms with Gasteiger partial charge in [0.15, 0.2) is 0 Å². The van der Waals surface area contributed by atoms with E-state index in [-0.39, 0.29) is 12.1 Å². The number of hydrogen-bond donors (Lipinski definition) is 1. The second kappa shape index (κ2) is 6.52. The molecule has 4 nitrogen and oxygen atoms in total. The highest BCUT2D eigenvalue weighted by atomic mass is 127. The Kier molecular flexibility index (Phi) is 5.14. The van der Waals surface area contributed by atoms with Crippen LogP contribution in [0.15, 0.2) is 24.3 Å². The number of amides is 1. The molecule has 1 aromatic rings. The molecular weight excluding hydrogens is 379 g/mol. The SMILES string of the molecule is CC(NC1CN(C(=O)OC(C)(C)C)C1)c1ccc(I)cc1. The van der Waals surface area contributed by atoms with E-state index >= 15 is 0 Å². The molecule has 116 valence electrons. The van der Waals surface area contributed by atoms with Crippen LogP contribution < -0.4 is 5.32 Å². The zero-order chi connectivity index (χ0) is 15.6. The molecule has 1 heterocycles. The molecule has 1 saturated heterocycles. The number of ether oxygens (including phenoxy) is 1. The molecular formula is C16H23IN2O2. The lowest BCUT2D eigenvalue weighted by molar-refractivity contribution is 0.00434. The molecule has 1 atom stereocenters. The molecule has 0 spiro atoms. The molecule has 1 aliphatic rings. The fourth-order valence-electron chi connectivity index (χ4n) is 2.26. The Bertz CT molecular complexity index is 490. The van der Waals surface area contributed by atoms with Crippen LogP contribution >= 0.6 is 22.6 Å². The largest absolute Gasteiger partial charge is 0.444 e. The summed E-state index contributed by atoms with van der Waals surface area (Å²) >= 11 is 2.31. The second-order valence-electron chi connectivity index (χ2n) is 6.52. The van der Waals surface area contributed by atoms with E-state index in [0.717, 1.165) is 0 Å². The fourth-order valence-corrected chi connectivity index (χ4v) is 2.62. The molecule has 1 aromatic carbocycles. The van der Waals surface area contributed by atoms with Gasteiger partial charge in [-0.15, -0.1) is 0 Å². The van der Waals surface area contributed by atoms with E-state index in [4.69, 9.17) is 4.74 Å². The average Bonchev–Trinajstić information content (AvgIpc) is 2.31. The summed E-state index contributed by atoms with van der Waals surface area (Å²) in [5.41, 5.74) is 0.843. The first-order valence-corrected chi connectivity index (χ1v) is 8.32. The number of rotatable bonds is 3. The number of likely N-dealkylation sites (tertiary alicyclic amines) is 1. The summed E-state index contributed by atoms with van der Waals surface area (Å²) in [7, 11) is 0. The molecule has 2 rings (SSSR count). The van der Waals surface area contributed by atoms with Crippen molar-refractivity contribution < 1.29 is 9.53 Å². The Balaban J connectivity index is 1.77. The summed E-state index contributed by atoms with van der Waals surface area (Å²) < 4.78 is 6.59. The topological polar surface area (TPSA) is 41.6 Å². The Morgan fingerprint density at radius 1 is 1.33 bits per heavy atom. The van der Waals surface area contributed by atoms with E-state index in [1.54, 1.807) is 4.90 Å². The zero-order valence-electron chi connectivity index (χ0n) is 13.0. The van der Waals surface area contributed by atoms with Crippen molar-refractivity contribution in [1.29, 1.82) is 0 Å². The molecule has 21 heavy (non-hydrogen) atoms. The number of carbonyl (C=O) groups is 1. The molecule has 0 bridgehead atoms. The van der Waals surface area contributed by atoms with E-state index in [2.05, 4.69) is 59.1 Å². The number of carbonyl (C=O) groups excluding carboxylic acids is 1. The van der Waals surface area contributed by atoms with Crippen LogP contribution in [0.4, 0.5) is 4.79 Å². The molecule has 1 N–H and O–H groups in total. The fraction of sp³-hybridized carbons (Fsp3) is 0.562. The van der Waals surface area contributed by atoms with Gasteiger partial charge in [0.05, 0.1) is 0 Å². The van der Waals surface area contributed by atoms with Crippen molar-refractivity contribution >= 4 is 28.7 Å². The van der Waals surface area contributed by atoms with Gasteiger partial charge in [0.25, 0.3) is 0 Å². The number of benzene rings is 1. The highest BCUT2D eigenvalue weighted by Gasteiger charge is 2.34. The molecule has 0 radical (unpaired) electrons. The van der Waals surface area contributed by atoms with Crippen molar-refractivity contribution in [2.75, 3.05) is 13.1 Å². The van der Waals surface area contributed by atoms with E-state index in [9.17, 15) is 4.79 Å².